The Bertz CT molecular complexity index is 665. The Morgan fingerprint density at radius 1 is 1.25 bits per heavy atom. The summed E-state index contributed by atoms with van der Waals surface area (Å²) >= 11 is 0. The van der Waals surface area contributed by atoms with Gasteiger partial charge in [-0.15, -0.1) is 0 Å². The highest BCUT2D eigenvalue weighted by Gasteiger charge is 2.21. The van der Waals surface area contributed by atoms with E-state index in [4.69, 9.17) is 9.63 Å². The maximum Gasteiger partial charge on any atom is 0.358 e. The van der Waals surface area contributed by atoms with Crippen molar-refractivity contribution in [2.45, 2.75) is 33.1 Å². The summed E-state index contributed by atoms with van der Waals surface area (Å²) in [6.45, 7) is 7.92. The second-order valence-electron chi connectivity index (χ2n) is 5.82. The highest BCUT2D eigenvalue weighted by atomic mass is 16.5. The minimum absolute atomic E-state index is 0.154. The number of carboxylic acids is 1. The fourth-order valence-corrected chi connectivity index (χ4v) is 2.07. The molecule has 1 heterocycles. The molecule has 2 rings (SSSR count). The van der Waals surface area contributed by atoms with Crippen LogP contribution in [0.2, 0.25) is 0 Å². The molecule has 2 N–H and O–H groups in total. The Kier molecular flexibility index (Phi) is 3.29. The monoisotopic (exact) mass is 275 g/mol. The first-order chi connectivity index (χ1) is 9.20. The summed E-state index contributed by atoms with van der Waals surface area (Å²) < 4.78 is 5.03. The number of hydrogen-bond donors (Lipinski definition) is 2. The fraction of sp³-hybridized carbons (Fsp3) is 0.333. The van der Waals surface area contributed by atoms with Crippen molar-refractivity contribution >= 4 is 5.97 Å². The summed E-state index contributed by atoms with van der Waals surface area (Å²) in [5.41, 5.74) is 2.02. The predicted octanol–water partition coefficient (Wildman–Crippen LogP) is 3.35. The van der Waals surface area contributed by atoms with Crippen LogP contribution in [0.25, 0.3) is 11.3 Å². The van der Waals surface area contributed by atoms with Gasteiger partial charge in [-0.1, -0.05) is 32.0 Å². The summed E-state index contributed by atoms with van der Waals surface area (Å²) in [5, 5.41) is 22.5. The first kappa shape index (κ1) is 14.1. The summed E-state index contributed by atoms with van der Waals surface area (Å²) in [5.74, 6) is -0.657. The maximum absolute atomic E-state index is 10.8. The number of phenols is 1. The van der Waals surface area contributed by atoms with Gasteiger partial charge in [-0.05, 0) is 29.5 Å². The molecule has 5 heteroatoms. The second-order valence-corrected chi connectivity index (χ2v) is 5.82. The zero-order valence-corrected chi connectivity index (χ0v) is 11.9. The number of aromatic hydroxyl groups is 1. The van der Waals surface area contributed by atoms with Gasteiger partial charge in [0.1, 0.15) is 5.75 Å². The number of aryl methyl sites for hydroxylation is 1. The first-order valence-electron chi connectivity index (χ1n) is 6.24. The molecule has 0 aliphatic rings. The number of nitrogens with zero attached hydrogens (tertiary/aromatic N) is 1. The Morgan fingerprint density at radius 2 is 1.90 bits per heavy atom. The van der Waals surface area contributed by atoms with Crippen LogP contribution in [-0.4, -0.2) is 21.3 Å². The van der Waals surface area contributed by atoms with E-state index in [2.05, 4.69) is 5.16 Å². The molecule has 0 radical (unpaired) electrons. The Balaban J connectivity index is 2.53. The van der Waals surface area contributed by atoms with Gasteiger partial charge in [0.25, 0.3) is 0 Å². The van der Waals surface area contributed by atoms with Crippen LogP contribution >= 0.6 is 0 Å². The number of phenolic OH excluding ortho intramolecular Hbond substituents is 1. The van der Waals surface area contributed by atoms with Crippen molar-refractivity contribution in [3.63, 3.8) is 0 Å². The third-order valence-corrected chi connectivity index (χ3v) is 3.15. The number of carbonyl (C=O) groups is 1. The lowest BCUT2D eigenvalue weighted by Gasteiger charge is -2.21. The molecular weight excluding hydrogens is 258 g/mol. The van der Waals surface area contributed by atoms with E-state index in [1.807, 2.05) is 33.8 Å². The molecular formula is C15H17NO4. The number of aromatic carboxylic acids is 1. The van der Waals surface area contributed by atoms with Gasteiger partial charge in [0.15, 0.2) is 11.5 Å². The number of carboxylic acid groups (broad SMARTS) is 1. The van der Waals surface area contributed by atoms with Gasteiger partial charge >= 0.3 is 5.97 Å². The minimum Gasteiger partial charge on any atom is -0.508 e. The first-order valence-corrected chi connectivity index (χ1v) is 6.24. The topological polar surface area (TPSA) is 83.6 Å². The van der Waals surface area contributed by atoms with Gasteiger partial charge in [0, 0.05) is 11.6 Å². The summed E-state index contributed by atoms with van der Waals surface area (Å²) in [7, 11) is 0. The van der Waals surface area contributed by atoms with Crippen LogP contribution in [0.3, 0.4) is 0 Å². The van der Waals surface area contributed by atoms with Crippen LogP contribution in [0.15, 0.2) is 22.7 Å². The minimum atomic E-state index is -1.15. The molecule has 0 amide bonds. The van der Waals surface area contributed by atoms with Gasteiger partial charge in [-0.3, -0.25) is 0 Å². The fourth-order valence-electron chi connectivity index (χ4n) is 2.07. The molecule has 0 aliphatic heterocycles. The van der Waals surface area contributed by atoms with Crippen molar-refractivity contribution in [1.82, 2.24) is 5.16 Å². The lowest BCUT2D eigenvalue weighted by Crippen LogP contribution is -2.11. The maximum atomic E-state index is 10.8. The lowest BCUT2D eigenvalue weighted by molar-refractivity contribution is 0.0686. The molecule has 0 atom stereocenters. The van der Waals surface area contributed by atoms with Crippen LogP contribution in [0.1, 0.15) is 42.4 Å². The number of aromatic nitrogens is 1. The lowest BCUT2D eigenvalue weighted by atomic mass is 9.84. The van der Waals surface area contributed by atoms with Crippen molar-refractivity contribution in [3.05, 3.63) is 35.0 Å². The third kappa shape index (κ3) is 2.52. The van der Waals surface area contributed by atoms with Crippen molar-refractivity contribution in [3.8, 4) is 17.1 Å². The molecule has 0 saturated carbocycles. The van der Waals surface area contributed by atoms with Gasteiger partial charge in [-0.2, -0.15) is 0 Å². The molecule has 5 nitrogen and oxygen atoms in total. The van der Waals surface area contributed by atoms with Crippen LogP contribution in [0.5, 0.6) is 5.75 Å². The smallest absolute Gasteiger partial charge is 0.358 e. The number of benzene rings is 1. The Labute approximate surface area is 116 Å². The van der Waals surface area contributed by atoms with Crippen molar-refractivity contribution in [2.24, 2.45) is 0 Å². The molecule has 0 fully saturated rings. The Hall–Kier alpha value is -2.30. The molecule has 106 valence electrons. The van der Waals surface area contributed by atoms with Crippen LogP contribution < -0.4 is 0 Å². The van der Waals surface area contributed by atoms with Gasteiger partial charge in [-0.25, -0.2) is 4.79 Å². The number of rotatable bonds is 2. The average molecular weight is 275 g/mol. The third-order valence-electron chi connectivity index (χ3n) is 3.15. The summed E-state index contributed by atoms with van der Waals surface area (Å²) in [6, 6.07) is 4.82. The van der Waals surface area contributed by atoms with E-state index in [1.54, 1.807) is 6.07 Å². The van der Waals surface area contributed by atoms with Crippen molar-refractivity contribution in [2.75, 3.05) is 0 Å². The highest BCUT2D eigenvalue weighted by Crippen LogP contribution is 2.36. The SMILES string of the molecule is Cc1cc(C(C)(C)C)c(O)cc1-c1cc(C(=O)O)no1. The molecule has 1 aromatic heterocycles. The molecule has 0 aliphatic carbocycles. The number of hydrogen-bond acceptors (Lipinski definition) is 4. The van der Waals surface area contributed by atoms with E-state index < -0.39 is 5.97 Å². The van der Waals surface area contributed by atoms with Gasteiger partial charge in [0.05, 0.1) is 0 Å². The highest BCUT2D eigenvalue weighted by molar-refractivity contribution is 5.86. The largest absolute Gasteiger partial charge is 0.508 e. The van der Waals surface area contributed by atoms with Crippen molar-refractivity contribution < 1.29 is 19.5 Å². The molecule has 0 saturated heterocycles. The Morgan fingerprint density at radius 3 is 2.40 bits per heavy atom. The predicted molar refractivity (Wildman–Crippen MR) is 74.0 cm³/mol. The van der Waals surface area contributed by atoms with Crippen LogP contribution in [0.4, 0.5) is 0 Å². The van der Waals surface area contributed by atoms with E-state index >= 15 is 0 Å². The molecule has 20 heavy (non-hydrogen) atoms. The molecule has 0 spiro atoms. The molecule has 2 aromatic rings. The molecule has 0 bridgehead atoms. The van der Waals surface area contributed by atoms with Crippen LogP contribution in [-0.2, 0) is 5.41 Å². The molecule has 0 unspecified atom stereocenters. The van der Waals surface area contributed by atoms with E-state index in [9.17, 15) is 9.90 Å². The van der Waals surface area contributed by atoms with Gasteiger partial charge < -0.3 is 14.7 Å². The summed E-state index contributed by atoms with van der Waals surface area (Å²) in [6.07, 6.45) is 0. The van der Waals surface area contributed by atoms with Gasteiger partial charge in [0.2, 0.25) is 0 Å². The summed E-state index contributed by atoms with van der Waals surface area (Å²) in [4.78, 5) is 10.8. The van der Waals surface area contributed by atoms with Crippen molar-refractivity contribution in [1.29, 1.82) is 0 Å². The standard InChI is InChI=1S/C15H17NO4/c1-8-5-10(15(2,3)4)12(17)6-9(8)13-7-11(14(18)19)16-20-13/h5-7,17H,1-4H3,(H,18,19). The second kappa shape index (κ2) is 4.67. The van der Waals surface area contributed by atoms with E-state index in [-0.39, 0.29) is 16.9 Å². The van der Waals surface area contributed by atoms with E-state index in [1.165, 1.54) is 6.07 Å². The van der Waals surface area contributed by atoms with E-state index in [0.717, 1.165) is 11.1 Å². The zero-order valence-electron chi connectivity index (χ0n) is 11.9. The van der Waals surface area contributed by atoms with E-state index in [0.29, 0.717) is 11.3 Å². The molecule has 1 aromatic carbocycles. The van der Waals surface area contributed by atoms with Crippen LogP contribution in [0, 0.1) is 6.92 Å². The average Bonchev–Trinajstić information content (AvgIpc) is 2.79. The normalized spacial score (nSPS) is 11.6. The quantitative estimate of drug-likeness (QED) is 0.878. The zero-order chi connectivity index (χ0) is 15.1.